The van der Waals surface area contributed by atoms with Crippen LogP contribution in [-0.2, 0) is 6.18 Å². The molecule has 0 fully saturated rings. The van der Waals surface area contributed by atoms with E-state index in [2.05, 4.69) is 0 Å². The van der Waals surface area contributed by atoms with Crippen LogP contribution in [0.4, 0.5) is 13.2 Å². The number of aliphatic hydroxyl groups is 1. The molecule has 0 unspecified atom stereocenters. The molecule has 0 radical (unpaired) electrons. The first-order valence-corrected chi connectivity index (χ1v) is 5.47. The fourth-order valence-corrected chi connectivity index (χ4v) is 1.93. The molecule has 2 nitrogen and oxygen atoms in total. The quantitative estimate of drug-likeness (QED) is 0.893. The SMILES string of the molecule is Cl.N[C@H](CCCO)c1c(Cl)cccc1C(F)(F)F. The topological polar surface area (TPSA) is 46.2 Å². The van der Waals surface area contributed by atoms with Gasteiger partial charge < -0.3 is 10.8 Å². The summed E-state index contributed by atoms with van der Waals surface area (Å²) in [7, 11) is 0. The molecular weight excluding hydrogens is 290 g/mol. The average Bonchev–Trinajstić information content (AvgIpc) is 2.24. The van der Waals surface area contributed by atoms with E-state index in [0.717, 1.165) is 6.07 Å². The molecule has 1 rings (SSSR count). The summed E-state index contributed by atoms with van der Waals surface area (Å²) < 4.78 is 38.2. The molecule has 0 bridgehead atoms. The minimum Gasteiger partial charge on any atom is -0.396 e. The zero-order valence-corrected chi connectivity index (χ0v) is 10.9. The standard InChI is InChI=1S/C11H13ClF3NO.ClH/c12-8-4-1-3-7(11(13,14)15)10(8)9(16)5-2-6-17;/h1,3-4,9,17H,2,5-6,16H2;1H/t9-;/m1./s1. The van der Waals surface area contributed by atoms with E-state index in [1.54, 1.807) is 0 Å². The molecule has 0 aliphatic heterocycles. The minimum absolute atomic E-state index is 0. The van der Waals surface area contributed by atoms with Crippen LogP contribution in [0.5, 0.6) is 0 Å². The van der Waals surface area contributed by atoms with E-state index in [-0.39, 0.29) is 36.0 Å². The predicted molar refractivity (Wildman–Crippen MR) is 67.0 cm³/mol. The normalized spacial score (nSPS) is 13.0. The van der Waals surface area contributed by atoms with Crippen molar-refractivity contribution >= 4 is 24.0 Å². The van der Waals surface area contributed by atoms with Crippen molar-refractivity contribution in [2.24, 2.45) is 5.73 Å². The maximum absolute atomic E-state index is 12.7. The van der Waals surface area contributed by atoms with Gasteiger partial charge in [0.1, 0.15) is 0 Å². The fraction of sp³-hybridized carbons (Fsp3) is 0.455. The molecule has 0 saturated carbocycles. The van der Waals surface area contributed by atoms with Gasteiger partial charge in [-0.1, -0.05) is 17.7 Å². The van der Waals surface area contributed by atoms with Crippen LogP contribution in [0, 0.1) is 0 Å². The number of rotatable bonds is 4. The summed E-state index contributed by atoms with van der Waals surface area (Å²) in [5, 5.41) is 8.65. The van der Waals surface area contributed by atoms with Gasteiger partial charge in [-0.05, 0) is 30.5 Å². The van der Waals surface area contributed by atoms with Crippen molar-refractivity contribution in [2.75, 3.05) is 6.61 Å². The van der Waals surface area contributed by atoms with Crippen molar-refractivity contribution in [1.29, 1.82) is 0 Å². The highest BCUT2D eigenvalue weighted by molar-refractivity contribution is 6.31. The van der Waals surface area contributed by atoms with Gasteiger partial charge in [-0.15, -0.1) is 12.4 Å². The number of benzene rings is 1. The van der Waals surface area contributed by atoms with Crippen molar-refractivity contribution in [3.8, 4) is 0 Å². The Morgan fingerprint density at radius 1 is 1.33 bits per heavy atom. The number of halogens is 5. The third kappa shape index (κ3) is 4.31. The highest BCUT2D eigenvalue weighted by atomic mass is 35.5. The van der Waals surface area contributed by atoms with Crippen molar-refractivity contribution in [3.05, 3.63) is 34.3 Å². The van der Waals surface area contributed by atoms with Crippen LogP contribution >= 0.6 is 24.0 Å². The lowest BCUT2D eigenvalue weighted by Crippen LogP contribution is -2.18. The van der Waals surface area contributed by atoms with Gasteiger partial charge in [0.15, 0.2) is 0 Å². The van der Waals surface area contributed by atoms with Crippen molar-refractivity contribution in [3.63, 3.8) is 0 Å². The third-order valence-electron chi connectivity index (χ3n) is 2.40. The number of alkyl halides is 3. The molecule has 0 aliphatic rings. The highest BCUT2D eigenvalue weighted by Crippen LogP contribution is 2.38. The molecule has 0 saturated heterocycles. The van der Waals surface area contributed by atoms with E-state index in [4.69, 9.17) is 22.4 Å². The molecule has 0 heterocycles. The Kier molecular flexibility index (Phi) is 6.99. The molecule has 0 spiro atoms. The van der Waals surface area contributed by atoms with E-state index >= 15 is 0 Å². The Bertz CT molecular complexity index is 385. The van der Waals surface area contributed by atoms with E-state index < -0.39 is 17.8 Å². The Hall–Kier alpha value is -0.490. The second-order valence-electron chi connectivity index (χ2n) is 3.67. The minimum atomic E-state index is -4.48. The molecule has 18 heavy (non-hydrogen) atoms. The van der Waals surface area contributed by atoms with Crippen LogP contribution in [0.2, 0.25) is 5.02 Å². The Morgan fingerprint density at radius 3 is 2.44 bits per heavy atom. The summed E-state index contributed by atoms with van der Waals surface area (Å²) >= 11 is 5.77. The molecule has 1 atom stereocenters. The maximum Gasteiger partial charge on any atom is 0.416 e. The van der Waals surface area contributed by atoms with Crippen LogP contribution in [-0.4, -0.2) is 11.7 Å². The number of hydrogen-bond donors (Lipinski definition) is 2. The first-order valence-electron chi connectivity index (χ1n) is 5.10. The van der Waals surface area contributed by atoms with E-state index in [1.807, 2.05) is 0 Å². The second kappa shape index (κ2) is 7.19. The summed E-state index contributed by atoms with van der Waals surface area (Å²) in [5.41, 5.74) is 4.77. The smallest absolute Gasteiger partial charge is 0.396 e. The van der Waals surface area contributed by atoms with Crippen LogP contribution < -0.4 is 5.73 Å². The van der Waals surface area contributed by atoms with Gasteiger partial charge in [0.25, 0.3) is 0 Å². The van der Waals surface area contributed by atoms with Crippen LogP contribution in [0.1, 0.15) is 30.0 Å². The molecule has 0 aromatic heterocycles. The Labute approximate surface area is 114 Å². The molecular formula is C11H14Cl2F3NO. The van der Waals surface area contributed by atoms with E-state index in [0.29, 0.717) is 6.42 Å². The van der Waals surface area contributed by atoms with Gasteiger partial charge in [-0.2, -0.15) is 13.2 Å². The maximum atomic E-state index is 12.7. The zero-order valence-electron chi connectivity index (χ0n) is 9.38. The van der Waals surface area contributed by atoms with Gasteiger partial charge in [0, 0.05) is 17.7 Å². The molecule has 1 aromatic rings. The van der Waals surface area contributed by atoms with Crippen molar-refractivity contribution in [2.45, 2.75) is 25.1 Å². The van der Waals surface area contributed by atoms with E-state index in [9.17, 15) is 13.2 Å². The van der Waals surface area contributed by atoms with Crippen molar-refractivity contribution < 1.29 is 18.3 Å². The van der Waals surface area contributed by atoms with Gasteiger partial charge in [0.2, 0.25) is 0 Å². The largest absolute Gasteiger partial charge is 0.416 e. The number of aliphatic hydroxyl groups excluding tert-OH is 1. The molecule has 104 valence electrons. The van der Waals surface area contributed by atoms with Crippen molar-refractivity contribution in [1.82, 2.24) is 0 Å². The fourth-order valence-electron chi connectivity index (χ4n) is 1.62. The first-order chi connectivity index (χ1) is 7.88. The Morgan fingerprint density at radius 2 is 1.94 bits per heavy atom. The lowest BCUT2D eigenvalue weighted by Gasteiger charge is -2.19. The lowest BCUT2D eigenvalue weighted by atomic mass is 9.97. The molecule has 0 amide bonds. The van der Waals surface area contributed by atoms with Crippen LogP contribution in [0.25, 0.3) is 0 Å². The first kappa shape index (κ1) is 17.5. The summed E-state index contributed by atoms with van der Waals surface area (Å²) in [6.07, 6.45) is -3.88. The summed E-state index contributed by atoms with van der Waals surface area (Å²) in [5.74, 6) is 0. The predicted octanol–water partition coefficient (Wildman–Crippen LogP) is 3.55. The third-order valence-corrected chi connectivity index (χ3v) is 2.73. The number of nitrogens with two attached hydrogens (primary N) is 1. The lowest BCUT2D eigenvalue weighted by molar-refractivity contribution is -0.138. The van der Waals surface area contributed by atoms with E-state index in [1.165, 1.54) is 12.1 Å². The van der Waals surface area contributed by atoms with Crippen LogP contribution in [0.15, 0.2) is 18.2 Å². The summed E-state index contributed by atoms with van der Waals surface area (Å²) in [4.78, 5) is 0. The molecule has 0 aliphatic carbocycles. The Balaban J connectivity index is 0.00000289. The molecule has 7 heteroatoms. The van der Waals surface area contributed by atoms with Gasteiger partial charge in [-0.25, -0.2) is 0 Å². The summed E-state index contributed by atoms with van der Waals surface area (Å²) in [6.45, 7) is -0.112. The summed E-state index contributed by atoms with van der Waals surface area (Å²) in [6, 6.07) is 2.76. The van der Waals surface area contributed by atoms with Gasteiger partial charge >= 0.3 is 6.18 Å². The second-order valence-corrected chi connectivity index (χ2v) is 4.08. The monoisotopic (exact) mass is 303 g/mol. The van der Waals surface area contributed by atoms with Gasteiger partial charge in [-0.3, -0.25) is 0 Å². The zero-order chi connectivity index (χ0) is 13.1. The average molecular weight is 304 g/mol. The highest BCUT2D eigenvalue weighted by Gasteiger charge is 2.35. The molecule has 1 aromatic carbocycles. The molecule has 3 N–H and O–H groups in total. The van der Waals surface area contributed by atoms with Gasteiger partial charge in [0.05, 0.1) is 5.56 Å². The van der Waals surface area contributed by atoms with Crippen LogP contribution in [0.3, 0.4) is 0 Å². The number of hydrogen-bond acceptors (Lipinski definition) is 2.